The lowest BCUT2D eigenvalue weighted by atomic mass is 10.0. The van der Waals surface area contributed by atoms with Crippen LogP contribution < -0.4 is 0 Å². The summed E-state index contributed by atoms with van der Waals surface area (Å²) in [4.78, 5) is 0. The van der Waals surface area contributed by atoms with E-state index in [0.717, 1.165) is 12.8 Å². The summed E-state index contributed by atoms with van der Waals surface area (Å²) in [5.41, 5.74) is -0.335. The van der Waals surface area contributed by atoms with Crippen LogP contribution in [0.15, 0.2) is 18.2 Å². The molecule has 1 nitrogen and oxygen atoms in total. The topological polar surface area (TPSA) is 20.2 Å². The molecular formula is C13H12ClFO. The van der Waals surface area contributed by atoms with Crippen molar-refractivity contribution in [2.24, 2.45) is 0 Å². The molecule has 1 saturated carbocycles. The van der Waals surface area contributed by atoms with Crippen LogP contribution in [0.25, 0.3) is 0 Å². The Hall–Kier alpha value is -1.04. The highest BCUT2D eigenvalue weighted by molar-refractivity contribution is 6.30. The van der Waals surface area contributed by atoms with E-state index in [1.165, 1.54) is 12.1 Å². The lowest BCUT2D eigenvalue weighted by molar-refractivity contribution is 0.110. The van der Waals surface area contributed by atoms with Gasteiger partial charge in [0.25, 0.3) is 0 Å². The smallest absolute Gasteiger partial charge is 0.143 e. The third kappa shape index (κ3) is 2.55. The van der Waals surface area contributed by atoms with Crippen molar-refractivity contribution in [1.29, 1.82) is 0 Å². The van der Waals surface area contributed by atoms with Crippen LogP contribution in [0.4, 0.5) is 4.39 Å². The van der Waals surface area contributed by atoms with Crippen LogP contribution in [-0.2, 0) is 0 Å². The highest BCUT2D eigenvalue weighted by Crippen LogP contribution is 2.28. The maximum absolute atomic E-state index is 13.1. The summed E-state index contributed by atoms with van der Waals surface area (Å²) in [5.74, 6) is 5.13. The zero-order chi connectivity index (χ0) is 11.6. The Balaban J connectivity index is 2.20. The van der Waals surface area contributed by atoms with Crippen molar-refractivity contribution in [3.63, 3.8) is 0 Å². The second-order valence-corrected chi connectivity index (χ2v) is 4.52. The van der Waals surface area contributed by atoms with Crippen molar-refractivity contribution >= 4 is 11.6 Å². The largest absolute Gasteiger partial charge is 0.378 e. The number of aliphatic hydroxyl groups is 1. The Morgan fingerprint density at radius 2 is 2.00 bits per heavy atom. The molecule has 1 N–H and O–H groups in total. The quantitative estimate of drug-likeness (QED) is 0.689. The first-order chi connectivity index (χ1) is 7.59. The first-order valence-electron chi connectivity index (χ1n) is 5.30. The number of halogens is 2. The Labute approximate surface area is 99.2 Å². The van der Waals surface area contributed by atoms with E-state index in [2.05, 4.69) is 11.8 Å². The zero-order valence-corrected chi connectivity index (χ0v) is 9.52. The molecule has 0 aromatic heterocycles. The summed E-state index contributed by atoms with van der Waals surface area (Å²) in [6.07, 6.45) is 3.41. The van der Waals surface area contributed by atoms with Crippen LogP contribution in [0.3, 0.4) is 0 Å². The van der Waals surface area contributed by atoms with Crippen molar-refractivity contribution in [1.82, 2.24) is 0 Å². The van der Waals surface area contributed by atoms with Gasteiger partial charge in [-0.25, -0.2) is 4.39 Å². The van der Waals surface area contributed by atoms with Crippen molar-refractivity contribution in [3.05, 3.63) is 34.6 Å². The fourth-order valence-electron chi connectivity index (χ4n) is 1.85. The summed E-state index contributed by atoms with van der Waals surface area (Å²) in [6, 6.07) is 4.41. The summed E-state index contributed by atoms with van der Waals surface area (Å²) in [7, 11) is 0. The molecule has 16 heavy (non-hydrogen) atoms. The first kappa shape index (κ1) is 11.4. The van der Waals surface area contributed by atoms with E-state index < -0.39 is 11.4 Å². The van der Waals surface area contributed by atoms with Crippen LogP contribution in [0.2, 0.25) is 5.02 Å². The highest BCUT2D eigenvalue weighted by atomic mass is 35.5. The summed E-state index contributed by atoms with van der Waals surface area (Å²) < 4.78 is 13.1. The molecule has 0 aliphatic heterocycles. The molecule has 0 unspecified atom stereocenters. The van der Waals surface area contributed by atoms with Crippen LogP contribution in [0, 0.1) is 17.7 Å². The zero-order valence-electron chi connectivity index (χ0n) is 8.76. The van der Waals surface area contributed by atoms with Crippen LogP contribution >= 0.6 is 11.6 Å². The molecule has 3 heteroatoms. The van der Waals surface area contributed by atoms with Gasteiger partial charge in [0.2, 0.25) is 0 Å². The van der Waals surface area contributed by atoms with E-state index in [4.69, 9.17) is 11.6 Å². The molecule has 0 saturated heterocycles. The third-order valence-electron chi connectivity index (χ3n) is 2.79. The van der Waals surface area contributed by atoms with Crippen LogP contribution in [0.5, 0.6) is 0 Å². The average Bonchev–Trinajstić information content (AvgIpc) is 2.68. The van der Waals surface area contributed by atoms with E-state index in [9.17, 15) is 9.50 Å². The fourth-order valence-corrected chi connectivity index (χ4v) is 1.96. The number of benzene rings is 1. The van der Waals surface area contributed by atoms with Gasteiger partial charge in [0.15, 0.2) is 0 Å². The Morgan fingerprint density at radius 1 is 1.31 bits per heavy atom. The van der Waals surface area contributed by atoms with Gasteiger partial charge in [-0.1, -0.05) is 23.4 Å². The van der Waals surface area contributed by atoms with Gasteiger partial charge in [0, 0.05) is 5.56 Å². The van der Waals surface area contributed by atoms with Crippen LogP contribution in [-0.4, -0.2) is 10.7 Å². The summed E-state index contributed by atoms with van der Waals surface area (Å²) in [6.45, 7) is 0. The van der Waals surface area contributed by atoms with E-state index in [1.54, 1.807) is 6.07 Å². The maximum atomic E-state index is 13.1. The van der Waals surface area contributed by atoms with Crippen molar-refractivity contribution in [2.45, 2.75) is 31.3 Å². The standard InChI is InChI=1S/C13H12ClFO/c14-11-4-3-10(9-12(11)15)5-8-13(16)6-1-2-7-13/h3-4,9,16H,1-2,6-7H2. The number of hydrogen-bond donors (Lipinski definition) is 1. The molecule has 1 aromatic carbocycles. The average molecular weight is 239 g/mol. The molecule has 1 aliphatic rings. The van der Waals surface area contributed by atoms with E-state index in [1.807, 2.05) is 0 Å². The minimum absolute atomic E-state index is 0.0881. The second-order valence-electron chi connectivity index (χ2n) is 4.12. The van der Waals surface area contributed by atoms with Gasteiger partial charge in [-0.2, -0.15) is 0 Å². The van der Waals surface area contributed by atoms with Crippen molar-refractivity contribution < 1.29 is 9.50 Å². The molecular weight excluding hydrogens is 227 g/mol. The molecule has 1 aromatic rings. The van der Waals surface area contributed by atoms with Gasteiger partial charge < -0.3 is 5.11 Å². The Kier molecular flexibility index (Phi) is 3.18. The van der Waals surface area contributed by atoms with Gasteiger partial charge in [-0.15, -0.1) is 0 Å². The van der Waals surface area contributed by atoms with E-state index in [-0.39, 0.29) is 5.02 Å². The van der Waals surface area contributed by atoms with Gasteiger partial charge in [0.1, 0.15) is 11.4 Å². The first-order valence-corrected chi connectivity index (χ1v) is 5.67. The maximum Gasteiger partial charge on any atom is 0.143 e. The number of rotatable bonds is 0. The van der Waals surface area contributed by atoms with Crippen LogP contribution in [0.1, 0.15) is 31.2 Å². The predicted molar refractivity (Wildman–Crippen MR) is 61.7 cm³/mol. The molecule has 0 bridgehead atoms. The second kappa shape index (κ2) is 4.45. The fraction of sp³-hybridized carbons (Fsp3) is 0.385. The molecule has 0 radical (unpaired) electrons. The van der Waals surface area contributed by atoms with Gasteiger partial charge in [-0.05, 0) is 43.9 Å². The molecule has 1 fully saturated rings. The predicted octanol–water partition coefficient (Wildman–Crippen LogP) is 3.14. The minimum Gasteiger partial charge on any atom is -0.378 e. The Bertz CT molecular complexity index is 453. The lowest BCUT2D eigenvalue weighted by Gasteiger charge is -2.12. The van der Waals surface area contributed by atoms with E-state index in [0.29, 0.717) is 18.4 Å². The van der Waals surface area contributed by atoms with Gasteiger partial charge in [0.05, 0.1) is 5.02 Å². The lowest BCUT2D eigenvalue weighted by Crippen LogP contribution is -2.20. The summed E-state index contributed by atoms with van der Waals surface area (Å²) >= 11 is 5.56. The van der Waals surface area contributed by atoms with Gasteiger partial charge in [-0.3, -0.25) is 0 Å². The molecule has 2 rings (SSSR count). The molecule has 1 aliphatic carbocycles. The van der Waals surface area contributed by atoms with Crippen molar-refractivity contribution in [2.75, 3.05) is 0 Å². The minimum atomic E-state index is -0.879. The Morgan fingerprint density at radius 3 is 2.62 bits per heavy atom. The van der Waals surface area contributed by atoms with Crippen molar-refractivity contribution in [3.8, 4) is 11.8 Å². The molecule has 0 amide bonds. The molecule has 0 heterocycles. The molecule has 0 spiro atoms. The van der Waals surface area contributed by atoms with E-state index >= 15 is 0 Å². The number of hydrogen-bond acceptors (Lipinski definition) is 1. The summed E-state index contributed by atoms with van der Waals surface area (Å²) in [5, 5.41) is 10.1. The van der Waals surface area contributed by atoms with Gasteiger partial charge >= 0.3 is 0 Å². The SMILES string of the molecule is OC1(C#Cc2ccc(Cl)c(F)c2)CCCC1. The normalized spacial score (nSPS) is 17.9. The molecule has 0 atom stereocenters. The molecule has 84 valence electrons. The highest BCUT2D eigenvalue weighted by Gasteiger charge is 2.28. The monoisotopic (exact) mass is 238 g/mol. The third-order valence-corrected chi connectivity index (χ3v) is 3.10.